The second-order valence-corrected chi connectivity index (χ2v) is 7.75. The molecule has 2 heterocycles. The smallest absolute Gasteiger partial charge is 0.244 e. The van der Waals surface area contributed by atoms with E-state index in [0.717, 1.165) is 18.0 Å². The summed E-state index contributed by atoms with van der Waals surface area (Å²) in [4.78, 5) is 3.91. The Bertz CT molecular complexity index is 516. The van der Waals surface area contributed by atoms with Gasteiger partial charge >= 0.3 is 0 Å². The largest absolute Gasteiger partial charge is 0.391 e. The fourth-order valence-electron chi connectivity index (χ4n) is 2.03. The molecule has 1 aromatic rings. The number of aliphatic hydroxyl groups excluding tert-OH is 1. The van der Waals surface area contributed by atoms with Crippen molar-refractivity contribution in [1.29, 1.82) is 0 Å². The Hall–Kier alpha value is -0.470. The zero-order valence-electron chi connectivity index (χ0n) is 10.6. The van der Waals surface area contributed by atoms with Crippen LogP contribution in [0.4, 0.5) is 0 Å². The number of hydrogen-bond donors (Lipinski definition) is 1. The Kier molecular flexibility index (Phi) is 4.08. The Morgan fingerprint density at radius 3 is 2.44 bits per heavy atom. The number of aryl methyl sites for hydroxylation is 1. The van der Waals surface area contributed by atoms with Crippen molar-refractivity contribution in [2.24, 2.45) is 0 Å². The first kappa shape index (κ1) is 14.0. The molecule has 0 aliphatic carbocycles. The molecule has 0 saturated carbocycles. The van der Waals surface area contributed by atoms with E-state index in [9.17, 15) is 8.42 Å². The first-order valence-electron chi connectivity index (χ1n) is 5.84. The van der Waals surface area contributed by atoms with Crippen molar-refractivity contribution < 1.29 is 13.5 Å². The lowest BCUT2D eigenvalue weighted by Crippen LogP contribution is -2.47. The Labute approximate surface area is 112 Å². The molecule has 0 spiro atoms. The van der Waals surface area contributed by atoms with Crippen molar-refractivity contribution in [3.8, 4) is 0 Å². The minimum atomic E-state index is -3.40. The summed E-state index contributed by atoms with van der Waals surface area (Å²) in [7, 11) is -1.41. The zero-order chi connectivity index (χ0) is 13.3. The molecule has 5 nitrogen and oxygen atoms in total. The molecular formula is C11H18N2O3S2. The van der Waals surface area contributed by atoms with Gasteiger partial charge in [0.05, 0.1) is 11.5 Å². The SMILES string of the molecule is Cc1sc(CO)cc1S(=O)(=O)N1CCN(C)CC1. The van der Waals surface area contributed by atoms with E-state index in [-0.39, 0.29) is 6.61 Å². The second-order valence-electron chi connectivity index (χ2n) is 4.50. The molecule has 1 fully saturated rings. The molecule has 0 aromatic carbocycles. The number of aliphatic hydroxyl groups is 1. The van der Waals surface area contributed by atoms with Crippen molar-refractivity contribution in [3.63, 3.8) is 0 Å². The van der Waals surface area contributed by atoms with Gasteiger partial charge in [-0.3, -0.25) is 0 Å². The van der Waals surface area contributed by atoms with E-state index in [4.69, 9.17) is 5.11 Å². The Balaban J connectivity index is 2.27. The second kappa shape index (κ2) is 5.26. The maximum atomic E-state index is 12.5. The van der Waals surface area contributed by atoms with E-state index >= 15 is 0 Å². The number of hydrogen-bond acceptors (Lipinski definition) is 5. The topological polar surface area (TPSA) is 60.9 Å². The van der Waals surface area contributed by atoms with Gasteiger partial charge in [-0.2, -0.15) is 4.31 Å². The van der Waals surface area contributed by atoms with Crippen LogP contribution in [-0.4, -0.2) is 56.0 Å². The molecule has 102 valence electrons. The maximum absolute atomic E-state index is 12.5. The molecule has 0 radical (unpaired) electrons. The van der Waals surface area contributed by atoms with Crippen LogP contribution in [0.3, 0.4) is 0 Å². The third-order valence-corrected chi connectivity index (χ3v) is 6.35. The van der Waals surface area contributed by atoms with Gasteiger partial charge in [-0.15, -0.1) is 11.3 Å². The van der Waals surface area contributed by atoms with Crippen molar-refractivity contribution >= 4 is 21.4 Å². The highest BCUT2D eigenvalue weighted by atomic mass is 32.2. The monoisotopic (exact) mass is 290 g/mol. The molecule has 7 heteroatoms. The van der Waals surface area contributed by atoms with E-state index in [1.807, 2.05) is 7.05 Å². The highest BCUT2D eigenvalue weighted by Gasteiger charge is 2.29. The average molecular weight is 290 g/mol. The third-order valence-electron chi connectivity index (χ3n) is 3.16. The van der Waals surface area contributed by atoms with Crippen LogP contribution in [0.1, 0.15) is 9.75 Å². The number of rotatable bonds is 3. The number of thiophene rings is 1. The van der Waals surface area contributed by atoms with Crippen molar-refractivity contribution in [3.05, 3.63) is 15.8 Å². The molecule has 0 atom stereocenters. The van der Waals surface area contributed by atoms with Gasteiger partial charge in [-0.1, -0.05) is 0 Å². The summed E-state index contributed by atoms with van der Waals surface area (Å²) < 4.78 is 26.5. The highest BCUT2D eigenvalue weighted by molar-refractivity contribution is 7.89. The van der Waals surface area contributed by atoms with E-state index in [1.165, 1.54) is 15.6 Å². The van der Waals surface area contributed by atoms with Crippen molar-refractivity contribution in [2.45, 2.75) is 18.4 Å². The fourth-order valence-corrected chi connectivity index (χ4v) is 4.91. The molecule has 1 N–H and O–H groups in total. The number of sulfonamides is 1. The minimum absolute atomic E-state index is 0.107. The first-order valence-corrected chi connectivity index (χ1v) is 8.09. The molecule has 1 aliphatic heterocycles. The van der Waals surface area contributed by atoms with Crippen LogP contribution in [-0.2, 0) is 16.6 Å². The molecular weight excluding hydrogens is 272 g/mol. The number of likely N-dealkylation sites (N-methyl/N-ethyl adjacent to an activating group) is 1. The minimum Gasteiger partial charge on any atom is -0.391 e. The molecule has 0 amide bonds. The predicted molar refractivity (Wildman–Crippen MR) is 71.2 cm³/mol. The standard InChI is InChI=1S/C11H18N2O3S2/c1-9-11(7-10(8-14)17-9)18(15,16)13-5-3-12(2)4-6-13/h7,14H,3-6,8H2,1-2H3. The lowest BCUT2D eigenvalue weighted by atomic mass is 10.4. The van der Waals surface area contributed by atoms with Gasteiger partial charge in [0, 0.05) is 35.9 Å². The summed E-state index contributed by atoms with van der Waals surface area (Å²) in [5, 5.41) is 9.08. The summed E-state index contributed by atoms with van der Waals surface area (Å²) in [5.74, 6) is 0. The normalized spacial score (nSPS) is 19.3. The van der Waals surface area contributed by atoms with Gasteiger partial charge in [-0.25, -0.2) is 8.42 Å². The van der Waals surface area contributed by atoms with Crippen LogP contribution >= 0.6 is 11.3 Å². The van der Waals surface area contributed by atoms with E-state index in [1.54, 1.807) is 13.0 Å². The molecule has 1 aromatic heterocycles. The third kappa shape index (κ3) is 2.60. The Morgan fingerprint density at radius 2 is 1.94 bits per heavy atom. The fraction of sp³-hybridized carbons (Fsp3) is 0.636. The molecule has 1 saturated heterocycles. The first-order chi connectivity index (χ1) is 8.45. The summed E-state index contributed by atoms with van der Waals surface area (Å²) in [5.41, 5.74) is 0. The van der Waals surface area contributed by atoms with Crippen LogP contribution in [0.15, 0.2) is 11.0 Å². The predicted octanol–water partition coefficient (Wildman–Crippen LogP) is 0.485. The summed E-state index contributed by atoms with van der Waals surface area (Å²) >= 11 is 1.34. The summed E-state index contributed by atoms with van der Waals surface area (Å²) in [6, 6.07) is 1.59. The van der Waals surface area contributed by atoms with Crippen LogP contribution < -0.4 is 0 Å². The maximum Gasteiger partial charge on any atom is 0.244 e. The van der Waals surface area contributed by atoms with Gasteiger partial charge in [-0.05, 0) is 20.0 Å². The van der Waals surface area contributed by atoms with E-state index < -0.39 is 10.0 Å². The van der Waals surface area contributed by atoms with Gasteiger partial charge in [0.15, 0.2) is 0 Å². The molecule has 2 rings (SSSR count). The van der Waals surface area contributed by atoms with Crippen molar-refractivity contribution in [1.82, 2.24) is 9.21 Å². The molecule has 1 aliphatic rings. The molecule has 18 heavy (non-hydrogen) atoms. The zero-order valence-corrected chi connectivity index (χ0v) is 12.2. The quantitative estimate of drug-likeness (QED) is 0.880. The average Bonchev–Trinajstić information content (AvgIpc) is 2.72. The molecule has 0 bridgehead atoms. The molecule has 0 unspecified atom stereocenters. The highest BCUT2D eigenvalue weighted by Crippen LogP contribution is 2.28. The number of piperazine rings is 1. The lowest BCUT2D eigenvalue weighted by Gasteiger charge is -2.31. The Morgan fingerprint density at radius 1 is 1.33 bits per heavy atom. The van der Waals surface area contributed by atoms with Crippen LogP contribution in [0.25, 0.3) is 0 Å². The van der Waals surface area contributed by atoms with E-state index in [0.29, 0.717) is 22.9 Å². The lowest BCUT2D eigenvalue weighted by molar-refractivity contribution is 0.222. The van der Waals surface area contributed by atoms with E-state index in [2.05, 4.69) is 4.90 Å². The van der Waals surface area contributed by atoms with Gasteiger partial charge in [0.25, 0.3) is 0 Å². The summed E-state index contributed by atoms with van der Waals surface area (Å²) in [6.07, 6.45) is 0. The number of nitrogens with zero attached hydrogens (tertiary/aromatic N) is 2. The van der Waals surface area contributed by atoms with Crippen LogP contribution in [0.2, 0.25) is 0 Å². The van der Waals surface area contributed by atoms with Gasteiger partial charge < -0.3 is 10.0 Å². The van der Waals surface area contributed by atoms with Crippen molar-refractivity contribution in [2.75, 3.05) is 33.2 Å². The van der Waals surface area contributed by atoms with Gasteiger partial charge in [0.2, 0.25) is 10.0 Å². The van der Waals surface area contributed by atoms with Gasteiger partial charge in [0.1, 0.15) is 0 Å². The summed E-state index contributed by atoms with van der Waals surface area (Å²) in [6.45, 7) is 4.26. The van der Waals surface area contributed by atoms with Crippen LogP contribution in [0.5, 0.6) is 0 Å². The van der Waals surface area contributed by atoms with Crippen LogP contribution in [0, 0.1) is 6.92 Å².